The Kier molecular flexibility index (Phi) is 9.02. The highest BCUT2D eigenvalue weighted by atomic mass is 35.5. The molecular weight excluding hydrogens is 496 g/mol. The highest BCUT2D eigenvalue weighted by Gasteiger charge is 2.34. The monoisotopic (exact) mass is 526 g/mol. The lowest BCUT2D eigenvalue weighted by Gasteiger charge is -2.38. The number of aryl methyl sites for hydroxylation is 1. The largest absolute Gasteiger partial charge is 0.484 e. The zero-order valence-corrected chi connectivity index (χ0v) is 22.2. The van der Waals surface area contributed by atoms with Gasteiger partial charge in [0.2, 0.25) is 5.91 Å². The van der Waals surface area contributed by atoms with Crippen molar-refractivity contribution in [3.8, 4) is 5.75 Å². The van der Waals surface area contributed by atoms with Crippen LogP contribution in [0.25, 0.3) is 0 Å². The molecule has 0 saturated carbocycles. The molecule has 2 amide bonds. The van der Waals surface area contributed by atoms with Gasteiger partial charge in [-0.05, 0) is 72.2 Å². The fourth-order valence-electron chi connectivity index (χ4n) is 4.53. The van der Waals surface area contributed by atoms with Crippen molar-refractivity contribution in [2.75, 3.05) is 40.0 Å². The molecule has 190 valence electrons. The number of benzene rings is 2. The smallest absolute Gasteiger partial charge is 0.260 e. The molecule has 1 aliphatic heterocycles. The minimum absolute atomic E-state index is 0.00558. The van der Waals surface area contributed by atoms with Crippen LogP contribution in [0.5, 0.6) is 5.75 Å². The summed E-state index contributed by atoms with van der Waals surface area (Å²) in [6, 6.07) is 17.0. The van der Waals surface area contributed by atoms with Crippen LogP contribution in [0.4, 0.5) is 0 Å². The van der Waals surface area contributed by atoms with E-state index in [4.69, 9.17) is 21.1 Å². The Hall–Kier alpha value is -2.87. The van der Waals surface area contributed by atoms with Crippen molar-refractivity contribution in [1.82, 2.24) is 9.80 Å². The van der Waals surface area contributed by atoms with E-state index in [9.17, 15) is 9.59 Å². The van der Waals surface area contributed by atoms with Gasteiger partial charge in [-0.2, -0.15) is 0 Å². The Morgan fingerprint density at radius 1 is 1.11 bits per heavy atom. The standard InChI is InChI=1S/C28H31ClN2O4S/c1-20-6-3-4-7-23(20)28-24-13-17-36-25(24)12-15-31(28)26(32)18-30(14-5-16-34-2)27(33)19-35-22-10-8-21(29)9-11-22/h3-4,6-11,13,17,28H,5,12,14-16,18-19H2,1-2H3. The first kappa shape index (κ1) is 26.2. The van der Waals surface area contributed by atoms with Gasteiger partial charge in [0, 0.05) is 36.7 Å². The molecule has 3 aromatic rings. The van der Waals surface area contributed by atoms with Crippen LogP contribution in [0.15, 0.2) is 60.0 Å². The van der Waals surface area contributed by atoms with Crippen molar-refractivity contribution in [2.24, 2.45) is 0 Å². The van der Waals surface area contributed by atoms with Gasteiger partial charge in [-0.1, -0.05) is 35.9 Å². The maximum Gasteiger partial charge on any atom is 0.260 e. The molecule has 6 nitrogen and oxygen atoms in total. The fourth-order valence-corrected chi connectivity index (χ4v) is 5.56. The lowest BCUT2D eigenvalue weighted by Crippen LogP contribution is -2.48. The number of thiophene rings is 1. The number of hydrogen-bond donors (Lipinski definition) is 0. The third-order valence-corrected chi connectivity index (χ3v) is 7.65. The van der Waals surface area contributed by atoms with Gasteiger partial charge in [0.05, 0.1) is 12.6 Å². The summed E-state index contributed by atoms with van der Waals surface area (Å²) in [6.45, 7) is 3.45. The minimum atomic E-state index is -0.241. The Morgan fingerprint density at radius 2 is 1.89 bits per heavy atom. The molecule has 0 saturated heterocycles. The Balaban J connectivity index is 1.51. The first-order chi connectivity index (χ1) is 17.5. The summed E-state index contributed by atoms with van der Waals surface area (Å²) in [6.07, 6.45) is 1.45. The molecule has 0 radical (unpaired) electrons. The van der Waals surface area contributed by atoms with Gasteiger partial charge in [-0.25, -0.2) is 0 Å². The zero-order chi connectivity index (χ0) is 25.5. The van der Waals surface area contributed by atoms with Gasteiger partial charge in [0.25, 0.3) is 5.91 Å². The van der Waals surface area contributed by atoms with Crippen molar-refractivity contribution in [1.29, 1.82) is 0 Å². The molecule has 1 aliphatic rings. The van der Waals surface area contributed by atoms with E-state index in [2.05, 4.69) is 30.5 Å². The highest BCUT2D eigenvalue weighted by molar-refractivity contribution is 7.10. The maximum atomic E-state index is 13.7. The molecule has 0 spiro atoms. The van der Waals surface area contributed by atoms with Crippen molar-refractivity contribution in [3.05, 3.63) is 86.6 Å². The predicted octanol–water partition coefficient (Wildman–Crippen LogP) is 5.13. The normalized spacial score (nSPS) is 14.9. The molecule has 36 heavy (non-hydrogen) atoms. The van der Waals surface area contributed by atoms with E-state index in [1.54, 1.807) is 47.6 Å². The molecule has 0 bridgehead atoms. The van der Waals surface area contributed by atoms with E-state index < -0.39 is 0 Å². The third-order valence-electron chi connectivity index (χ3n) is 6.40. The second kappa shape index (κ2) is 12.4. The number of nitrogens with zero attached hydrogens (tertiary/aromatic N) is 2. The summed E-state index contributed by atoms with van der Waals surface area (Å²) >= 11 is 7.67. The highest BCUT2D eigenvalue weighted by Crippen LogP contribution is 2.39. The van der Waals surface area contributed by atoms with Gasteiger partial charge in [-0.3, -0.25) is 9.59 Å². The summed E-state index contributed by atoms with van der Waals surface area (Å²) in [5.74, 6) is 0.240. The van der Waals surface area contributed by atoms with Crippen molar-refractivity contribution in [2.45, 2.75) is 25.8 Å². The van der Waals surface area contributed by atoms with Crippen molar-refractivity contribution < 1.29 is 19.1 Å². The number of methoxy groups -OCH3 is 1. The molecule has 0 N–H and O–H groups in total. The second-order valence-electron chi connectivity index (χ2n) is 8.80. The Morgan fingerprint density at radius 3 is 2.64 bits per heavy atom. The molecule has 2 heterocycles. The summed E-state index contributed by atoms with van der Waals surface area (Å²) in [5, 5.41) is 2.69. The third kappa shape index (κ3) is 6.27. The maximum absolute atomic E-state index is 13.7. The van der Waals surface area contributed by atoms with E-state index in [0.717, 1.165) is 17.5 Å². The lowest BCUT2D eigenvalue weighted by molar-refractivity contribution is -0.143. The van der Waals surface area contributed by atoms with Crippen molar-refractivity contribution >= 4 is 34.8 Å². The van der Waals surface area contributed by atoms with Crippen LogP contribution in [-0.2, 0) is 20.7 Å². The fraction of sp³-hybridized carbons (Fsp3) is 0.357. The number of halogens is 1. The summed E-state index contributed by atoms with van der Waals surface area (Å²) in [4.78, 5) is 31.7. The lowest BCUT2D eigenvalue weighted by atomic mass is 9.90. The van der Waals surface area contributed by atoms with E-state index in [1.807, 2.05) is 17.0 Å². The predicted molar refractivity (Wildman–Crippen MR) is 143 cm³/mol. The Bertz CT molecular complexity index is 1180. The van der Waals surface area contributed by atoms with Gasteiger partial charge >= 0.3 is 0 Å². The summed E-state index contributed by atoms with van der Waals surface area (Å²) < 4.78 is 10.9. The molecule has 2 aromatic carbocycles. The molecule has 0 aliphatic carbocycles. The van der Waals surface area contributed by atoms with Gasteiger partial charge < -0.3 is 19.3 Å². The number of hydrogen-bond acceptors (Lipinski definition) is 5. The molecule has 8 heteroatoms. The topological polar surface area (TPSA) is 59.1 Å². The number of carbonyl (C=O) groups is 2. The molecule has 0 fully saturated rings. The number of carbonyl (C=O) groups excluding carboxylic acids is 2. The first-order valence-electron chi connectivity index (χ1n) is 12.0. The van der Waals surface area contributed by atoms with Crippen LogP contribution in [0.1, 0.15) is 34.0 Å². The molecule has 1 unspecified atom stereocenters. The average molecular weight is 527 g/mol. The summed E-state index contributed by atoms with van der Waals surface area (Å²) in [7, 11) is 1.62. The zero-order valence-electron chi connectivity index (χ0n) is 20.6. The SMILES string of the molecule is COCCCN(CC(=O)N1CCc2sccc2C1c1ccccc1C)C(=O)COc1ccc(Cl)cc1. The Labute approximate surface area is 221 Å². The van der Waals surface area contributed by atoms with Crippen LogP contribution >= 0.6 is 22.9 Å². The van der Waals surface area contributed by atoms with Crippen LogP contribution in [0.2, 0.25) is 5.02 Å². The van der Waals surface area contributed by atoms with Gasteiger partial charge in [-0.15, -0.1) is 11.3 Å². The number of rotatable bonds is 10. The van der Waals surface area contributed by atoms with Gasteiger partial charge in [0.1, 0.15) is 5.75 Å². The van der Waals surface area contributed by atoms with Crippen LogP contribution in [0, 0.1) is 6.92 Å². The number of amides is 2. The quantitative estimate of drug-likeness (QED) is 0.344. The molecular formula is C28H31ClN2O4S. The second-order valence-corrected chi connectivity index (χ2v) is 10.2. The molecule has 1 atom stereocenters. The summed E-state index contributed by atoms with van der Waals surface area (Å²) in [5.41, 5.74) is 3.44. The van der Waals surface area contributed by atoms with E-state index in [-0.39, 0.29) is 31.0 Å². The van der Waals surface area contributed by atoms with E-state index in [0.29, 0.717) is 36.9 Å². The van der Waals surface area contributed by atoms with E-state index in [1.165, 1.54) is 10.4 Å². The van der Waals surface area contributed by atoms with Crippen LogP contribution < -0.4 is 4.74 Å². The van der Waals surface area contributed by atoms with Crippen LogP contribution in [-0.4, -0.2) is 61.6 Å². The first-order valence-corrected chi connectivity index (χ1v) is 13.3. The van der Waals surface area contributed by atoms with E-state index >= 15 is 0 Å². The van der Waals surface area contributed by atoms with Crippen molar-refractivity contribution in [3.63, 3.8) is 0 Å². The molecule has 4 rings (SSSR count). The number of fused-ring (bicyclic) bond motifs is 1. The van der Waals surface area contributed by atoms with Gasteiger partial charge in [0.15, 0.2) is 6.61 Å². The average Bonchev–Trinajstić information content (AvgIpc) is 3.36. The number of ether oxygens (including phenoxy) is 2. The minimum Gasteiger partial charge on any atom is -0.484 e. The van der Waals surface area contributed by atoms with Crippen LogP contribution in [0.3, 0.4) is 0 Å². The molecule has 1 aromatic heterocycles.